The molecule has 4 nitrogen and oxygen atoms in total. The third-order valence-electron chi connectivity index (χ3n) is 3.44. The van der Waals surface area contributed by atoms with Crippen molar-refractivity contribution in [1.29, 1.82) is 0 Å². The van der Waals surface area contributed by atoms with Crippen molar-refractivity contribution in [3.8, 4) is 0 Å². The van der Waals surface area contributed by atoms with Crippen molar-refractivity contribution in [2.24, 2.45) is 0 Å². The van der Waals surface area contributed by atoms with Gasteiger partial charge in [0.25, 0.3) is 5.91 Å². The number of rotatable bonds is 4. The summed E-state index contributed by atoms with van der Waals surface area (Å²) >= 11 is 3.26. The summed E-state index contributed by atoms with van der Waals surface area (Å²) in [6.07, 6.45) is 2.64. The number of nitrogens with one attached hydrogen (secondary N) is 2. The van der Waals surface area contributed by atoms with E-state index in [1.807, 2.05) is 0 Å². The van der Waals surface area contributed by atoms with Crippen LogP contribution in [0.15, 0.2) is 46.9 Å². The van der Waals surface area contributed by atoms with Crippen LogP contribution >= 0.6 is 15.9 Å². The second-order valence-electron chi connectivity index (χ2n) is 5.05. The number of halogens is 2. The van der Waals surface area contributed by atoms with Gasteiger partial charge in [0.05, 0.1) is 0 Å². The third kappa shape index (κ3) is 4.29. The van der Waals surface area contributed by atoms with E-state index in [1.165, 1.54) is 18.2 Å². The predicted octanol–water partition coefficient (Wildman–Crippen LogP) is 3.91. The number of amides is 2. The monoisotopic (exact) mass is 390 g/mol. The number of hydrogen-bond donors (Lipinski definition) is 2. The predicted molar refractivity (Wildman–Crippen MR) is 96.3 cm³/mol. The normalized spacial score (nSPS) is 10.7. The molecule has 0 unspecified atom stereocenters. The van der Waals surface area contributed by atoms with Gasteiger partial charge >= 0.3 is 0 Å². The van der Waals surface area contributed by atoms with Crippen molar-refractivity contribution in [3.63, 3.8) is 0 Å². The van der Waals surface area contributed by atoms with E-state index >= 15 is 0 Å². The summed E-state index contributed by atoms with van der Waals surface area (Å²) in [5, 5.41) is 5.24. The average molecular weight is 391 g/mol. The largest absolute Gasteiger partial charge is 0.355 e. The van der Waals surface area contributed by atoms with Crippen molar-refractivity contribution in [2.45, 2.75) is 6.92 Å². The molecular weight excluding hydrogens is 375 g/mol. The van der Waals surface area contributed by atoms with Crippen molar-refractivity contribution in [1.82, 2.24) is 5.32 Å². The van der Waals surface area contributed by atoms with Gasteiger partial charge in [0.1, 0.15) is 5.82 Å². The highest BCUT2D eigenvalue weighted by Gasteiger charge is 2.11. The van der Waals surface area contributed by atoms with Crippen molar-refractivity contribution < 1.29 is 14.0 Å². The van der Waals surface area contributed by atoms with Crippen LogP contribution in [0.5, 0.6) is 0 Å². The van der Waals surface area contributed by atoms with Crippen LogP contribution in [0.2, 0.25) is 0 Å². The van der Waals surface area contributed by atoms with E-state index in [-0.39, 0.29) is 5.91 Å². The van der Waals surface area contributed by atoms with E-state index in [4.69, 9.17) is 0 Å². The van der Waals surface area contributed by atoms with E-state index in [1.54, 1.807) is 44.3 Å². The van der Waals surface area contributed by atoms with Crippen molar-refractivity contribution in [2.75, 3.05) is 12.4 Å². The minimum atomic E-state index is -0.417. The smallest absolute Gasteiger partial charge is 0.251 e. The maximum Gasteiger partial charge on any atom is 0.251 e. The van der Waals surface area contributed by atoms with E-state index in [0.717, 1.165) is 4.47 Å². The highest BCUT2D eigenvalue weighted by atomic mass is 79.9. The van der Waals surface area contributed by atoms with E-state index < -0.39 is 11.7 Å². The highest BCUT2D eigenvalue weighted by molar-refractivity contribution is 9.10. The van der Waals surface area contributed by atoms with Gasteiger partial charge in [-0.05, 0) is 48.9 Å². The quantitative estimate of drug-likeness (QED) is 0.777. The molecule has 0 atom stereocenters. The molecule has 0 aromatic heterocycles. The first-order valence-corrected chi connectivity index (χ1v) is 7.97. The zero-order chi connectivity index (χ0) is 17.7. The minimum Gasteiger partial charge on any atom is -0.355 e. The Labute approximate surface area is 147 Å². The van der Waals surface area contributed by atoms with Gasteiger partial charge in [-0.2, -0.15) is 0 Å². The summed E-state index contributed by atoms with van der Waals surface area (Å²) in [6.45, 7) is 1.75. The van der Waals surface area contributed by atoms with E-state index in [0.29, 0.717) is 22.4 Å². The number of carbonyl (C=O) groups is 2. The summed E-state index contributed by atoms with van der Waals surface area (Å²) in [6, 6.07) is 9.55. The van der Waals surface area contributed by atoms with Crippen LogP contribution in [-0.2, 0) is 4.79 Å². The Morgan fingerprint density at radius 2 is 1.96 bits per heavy atom. The molecule has 0 radical (unpaired) electrons. The second kappa shape index (κ2) is 7.88. The molecule has 0 aliphatic rings. The second-order valence-corrected chi connectivity index (χ2v) is 5.96. The van der Waals surface area contributed by atoms with Crippen LogP contribution in [0.25, 0.3) is 6.08 Å². The molecule has 6 heteroatoms. The van der Waals surface area contributed by atoms with Crippen LogP contribution < -0.4 is 10.6 Å². The maximum atomic E-state index is 13.6. The zero-order valence-corrected chi connectivity index (χ0v) is 14.8. The Kier molecular flexibility index (Phi) is 5.87. The van der Waals surface area contributed by atoms with Gasteiger partial charge in [-0.25, -0.2) is 4.39 Å². The zero-order valence-electron chi connectivity index (χ0n) is 13.2. The molecule has 2 aromatic rings. The minimum absolute atomic E-state index is 0.227. The molecule has 0 aliphatic heterocycles. The summed E-state index contributed by atoms with van der Waals surface area (Å²) in [5.74, 6) is -1.05. The number of carbonyl (C=O) groups excluding carboxylic acids is 2. The molecule has 2 N–H and O–H groups in total. The first-order valence-electron chi connectivity index (χ1n) is 7.18. The molecule has 0 saturated heterocycles. The van der Waals surface area contributed by atoms with Gasteiger partial charge in [0.15, 0.2) is 0 Å². The van der Waals surface area contributed by atoms with E-state index in [9.17, 15) is 14.0 Å². The Morgan fingerprint density at radius 1 is 1.21 bits per heavy atom. The van der Waals surface area contributed by atoms with Gasteiger partial charge in [0, 0.05) is 34.4 Å². The molecule has 0 saturated carbocycles. The van der Waals surface area contributed by atoms with Gasteiger partial charge in [0.2, 0.25) is 5.91 Å². The lowest BCUT2D eigenvalue weighted by Gasteiger charge is -2.10. The highest BCUT2D eigenvalue weighted by Crippen LogP contribution is 2.20. The molecule has 0 bridgehead atoms. The van der Waals surface area contributed by atoms with Crippen molar-refractivity contribution in [3.05, 3.63) is 69.5 Å². The summed E-state index contributed by atoms with van der Waals surface area (Å²) in [7, 11) is 1.54. The van der Waals surface area contributed by atoms with Crippen LogP contribution in [0, 0.1) is 12.7 Å². The lowest BCUT2D eigenvalue weighted by atomic mass is 10.1. The molecule has 2 aromatic carbocycles. The molecular formula is C18H16BrFN2O2. The van der Waals surface area contributed by atoms with Crippen LogP contribution in [0.4, 0.5) is 10.1 Å². The van der Waals surface area contributed by atoms with Gasteiger partial charge in [-0.3, -0.25) is 9.59 Å². The van der Waals surface area contributed by atoms with Crippen LogP contribution in [0.1, 0.15) is 21.5 Å². The Bertz CT molecular complexity index is 819. The van der Waals surface area contributed by atoms with Gasteiger partial charge in [-0.1, -0.05) is 22.0 Å². The van der Waals surface area contributed by atoms with Gasteiger partial charge in [-0.15, -0.1) is 0 Å². The SMILES string of the molecule is CNC(=O)c1cccc(NC(=O)C=Cc2cc(Br)ccc2F)c1C. The van der Waals surface area contributed by atoms with E-state index in [2.05, 4.69) is 26.6 Å². The van der Waals surface area contributed by atoms with Crippen molar-refractivity contribution >= 4 is 39.5 Å². The Hall–Kier alpha value is -2.47. The summed E-state index contributed by atoms with van der Waals surface area (Å²) in [5.41, 5.74) is 1.97. The lowest BCUT2D eigenvalue weighted by Crippen LogP contribution is -2.20. The fourth-order valence-electron chi connectivity index (χ4n) is 2.13. The number of anilines is 1. The fourth-order valence-corrected chi connectivity index (χ4v) is 2.51. The molecule has 124 valence electrons. The molecule has 0 aliphatic carbocycles. The Morgan fingerprint density at radius 3 is 2.67 bits per heavy atom. The standard InChI is InChI=1S/C18H16BrFN2O2/c1-11-14(18(24)21-2)4-3-5-16(11)22-17(23)9-6-12-10-13(19)7-8-15(12)20/h3-10H,1-2H3,(H,21,24)(H,22,23). The molecule has 0 spiro atoms. The third-order valence-corrected chi connectivity index (χ3v) is 3.93. The molecule has 24 heavy (non-hydrogen) atoms. The molecule has 0 heterocycles. The van der Waals surface area contributed by atoms with Crippen LogP contribution in [-0.4, -0.2) is 18.9 Å². The first kappa shape index (κ1) is 17.9. The molecule has 2 amide bonds. The topological polar surface area (TPSA) is 58.2 Å². The Balaban J connectivity index is 2.17. The lowest BCUT2D eigenvalue weighted by molar-refractivity contribution is -0.111. The first-order chi connectivity index (χ1) is 11.4. The maximum absolute atomic E-state index is 13.6. The average Bonchev–Trinajstić information content (AvgIpc) is 2.57. The number of hydrogen-bond acceptors (Lipinski definition) is 2. The van der Waals surface area contributed by atoms with Crippen LogP contribution in [0.3, 0.4) is 0 Å². The van der Waals surface area contributed by atoms with Gasteiger partial charge < -0.3 is 10.6 Å². The molecule has 0 fully saturated rings. The summed E-state index contributed by atoms with van der Waals surface area (Å²) < 4.78 is 14.4. The number of benzene rings is 2. The fraction of sp³-hybridized carbons (Fsp3) is 0.111. The summed E-state index contributed by atoms with van der Waals surface area (Å²) in [4.78, 5) is 23.8. The molecule has 2 rings (SSSR count).